The monoisotopic (exact) mass is 230 g/mol. The zero-order valence-electron chi connectivity index (χ0n) is 10.3. The molecule has 0 aliphatic heterocycles. The number of carbonyl (C=O) groups is 2. The SMILES string of the molecule is CC(C)CN(CC(=O)O)C(=O)CC(C)CN. The number of hydrogen-bond acceptors (Lipinski definition) is 3. The molecule has 0 radical (unpaired) electrons. The molecule has 0 rings (SSSR count). The molecule has 1 atom stereocenters. The summed E-state index contributed by atoms with van der Waals surface area (Å²) in [7, 11) is 0. The summed E-state index contributed by atoms with van der Waals surface area (Å²) in [5.74, 6) is -0.754. The number of carboxylic acid groups (broad SMARTS) is 1. The summed E-state index contributed by atoms with van der Waals surface area (Å²) >= 11 is 0. The Labute approximate surface area is 96.6 Å². The largest absolute Gasteiger partial charge is 0.480 e. The van der Waals surface area contributed by atoms with Crippen molar-refractivity contribution in [3.8, 4) is 0 Å². The topological polar surface area (TPSA) is 83.6 Å². The average molecular weight is 230 g/mol. The van der Waals surface area contributed by atoms with Crippen LogP contribution in [0.5, 0.6) is 0 Å². The third kappa shape index (κ3) is 6.40. The van der Waals surface area contributed by atoms with E-state index < -0.39 is 5.97 Å². The van der Waals surface area contributed by atoms with Gasteiger partial charge >= 0.3 is 5.97 Å². The van der Waals surface area contributed by atoms with Crippen molar-refractivity contribution in [3.63, 3.8) is 0 Å². The Morgan fingerprint density at radius 1 is 1.31 bits per heavy atom. The smallest absolute Gasteiger partial charge is 0.323 e. The molecular weight excluding hydrogens is 208 g/mol. The van der Waals surface area contributed by atoms with E-state index in [0.29, 0.717) is 19.5 Å². The third-order valence-corrected chi connectivity index (χ3v) is 2.19. The standard InChI is InChI=1S/C11H22N2O3/c1-8(2)6-13(7-11(15)16)10(14)4-9(3)5-12/h8-9H,4-7,12H2,1-3H3,(H,15,16). The lowest BCUT2D eigenvalue weighted by atomic mass is 10.1. The molecule has 5 nitrogen and oxygen atoms in total. The summed E-state index contributed by atoms with van der Waals surface area (Å²) in [5.41, 5.74) is 5.44. The van der Waals surface area contributed by atoms with Gasteiger partial charge < -0.3 is 15.7 Å². The van der Waals surface area contributed by atoms with Crippen LogP contribution in [0.4, 0.5) is 0 Å². The van der Waals surface area contributed by atoms with Crippen molar-refractivity contribution < 1.29 is 14.7 Å². The molecule has 0 bridgehead atoms. The fraction of sp³-hybridized carbons (Fsp3) is 0.818. The lowest BCUT2D eigenvalue weighted by Gasteiger charge is -2.24. The first-order valence-electron chi connectivity index (χ1n) is 5.56. The van der Waals surface area contributed by atoms with Crippen LogP contribution < -0.4 is 5.73 Å². The van der Waals surface area contributed by atoms with Gasteiger partial charge in [-0.05, 0) is 18.4 Å². The quantitative estimate of drug-likeness (QED) is 0.668. The van der Waals surface area contributed by atoms with Crippen LogP contribution in [0, 0.1) is 11.8 Å². The average Bonchev–Trinajstić information content (AvgIpc) is 2.15. The van der Waals surface area contributed by atoms with Crippen LogP contribution in [0.3, 0.4) is 0 Å². The van der Waals surface area contributed by atoms with Gasteiger partial charge in [-0.1, -0.05) is 20.8 Å². The zero-order valence-corrected chi connectivity index (χ0v) is 10.3. The van der Waals surface area contributed by atoms with E-state index in [2.05, 4.69) is 0 Å². The zero-order chi connectivity index (χ0) is 12.7. The van der Waals surface area contributed by atoms with E-state index in [9.17, 15) is 9.59 Å². The number of nitrogens with zero attached hydrogens (tertiary/aromatic N) is 1. The molecule has 0 aliphatic carbocycles. The second kappa shape index (κ2) is 7.22. The lowest BCUT2D eigenvalue weighted by Crippen LogP contribution is -2.39. The maximum Gasteiger partial charge on any atom is 0.323 e. The predicted octanol–water partition coefficient (Wildman–Crippen LogP) is 0.541. The Hall–Kier alpha value is -1.10. The Morgan fingerprint density at radius 2 is 1.88 bits per heavy atom. The van der Waals surface area contributed by atoms with Crippen molar-refractivity contribution in [2.75, 3.05) is 19.6 Å². The first-order chi connectivity index (χ1) is 7.36. The van der Waals surface area contributed by atoms with Gasteiger partial charge in [-0.2, -0.15) is 0 Å². The molecule has 0 heterocycles. The van der Waals surface area contributed by atoms with E-state index in [1.54, 1.807) is 0 Å². The lowest BCUT2D eigenvalue weighted by molar-refractivity contribution is -0.145. The highest BCUT2D eigenvalue weighted by atomic mass is 16.4. The normalized spacial score (nSPS) is 12.6. The van der Waals surface area contributed by atoms with E-state index >= 15 is 0 Å². The van der Waals surface area contributed by atoms with Crippen molar-refractivity contribution in [2.45, 2.75) is 27.2 Å². The highest BCUT2D eigenvalue weighted by Gasteiger charge is 2.19. The van der Waals surface area contributed by atoms with Gasteiger partial charge in [0.05, 0.1) is 0 Å². The third-order valence-electron chi connectivity index (χ3n) is 2.19. The summed E-state index contributed by atoms with van der Waals surface area (Å²) in [6.45, 7) is 6.47. The van der Waals surface area contributed by atoms with Crippen LogP contribution in [0.1, 0.15) is 27.2 Å². The summed E-state index contributed by atoms with van der Waals surface area (Å²) in [5, 5.41) is 8.72. The van der Waals surface area contributed by atoms with Gasteiger partial charge in [0.15, 0.2) is 0 Å². The Kier molecular flexibility index (Phi) is 6.72. The number of rotatable bonds is 7. The number of carbonyl (C=O) groups excluding carboxylic acids is 1. The molecule has 3 N–H and O–H groups in total. The molecule has 1 amide bonds. The minimum Gasteiger partial charge on any atom is -0.480 e. The van der Waals surface area contributed by atoms with Gasteiger partial charge in [-0.15, -0.1) is 0 Å². The van der Waals surface area contributed by atoms with Gasteiger partial charge in [0, 0.05) is 13.0 Å². The Bertz CT molecular complexity index is 241. The second-order valence-corrected chi connectivity index (χ2v) is 4.61. The molecule has 0 saturated heterocycles. The number of carboxylic acids is 1. The van der Waals surface area contributed by atoms with E-state index in [0.717, 1.165) is 0 Å². The minimum atomic E-state index is -0.977. The van der Waals surface area contributed by atoms with Gasteiger partial charge in [-0.25, -0.2) is 0 Å². The summed E-state index contributed by atoms with van der Waals surface area (Å²) in [4.78, 5) is 23.8. The van der Waals surface area contributed by atoms with Crippen molar-refractivity contribution in [2.24, 2.45) is 17.6 Å². The molecule has 0 saturated carbocycles. The predicted molar refractivity (Wildman–Crippen MR) is 61.9 cm³/mol. The molecule has 94 valence electrons. The first-order valence-corrected chi connectivity index (χ1v) is 5.56. The first kappa shape index (κ1) is 14.9. The molecule has 1 unspecified atom stereocenters. The summed E-state index contributed by atoms with van der Waals surface area (Å²) < 4.78 is 0. The fourth-order valence-corrected chi connectivity index (χ4v) is 1.37. The fourth-order valence-electron chi connectivity index (χ4n) is 1.37. The van der Waals surface area contributed by atoms with Gasteiger partial charge in [0.2, 0.25) is 5.91 Å². The number of hydrogen-bond donors (Lipinski definition) is 2. The van der Waals surface area contributed by atoms with Crippen LogP contribution in [0.25, 0.3) is 0 Å². The van der Waals surface area contributed by atoms with Crippen molar-refractivity contribution in [1.82, 2.24) is 4.90 Å². The Balaban J connectivity index is 4.37. The molecule has 0 aromatic rings. The van der Waals surface area contributed by atoms with E-state index in [-0.39, 0.29) is 24.3 Å². The second-order valence-electron chi connectivity index (χ2n) is 4.61. The molecule has 0 aromatic heterocycles. The van der Waals surface area contributed by atoms with Gasteiger partial charge in [0.1, 0.15) is 6.54 Å². The number of aliphatic carboxylic acids is 1. The molecule has 0 fully saturated rings. The molecular formula is C11H22N2O3. The Morgan fingerprint density at radius 3 is 2.25 bits per heavy atom. The van der Waals surface area contributed by atoms with E-state index in [1.165, 1.54) is 4.90 Å². The van der Waals surface area contributed by atoms with Gasteiger partial charge in [0.25, 0.3) is 0 Å². The number of amides is 1. The number of nitrogens with two attached hydrogens (primary N) is 1. The van der Waals surface area contributed by atoms with Crippen LogP contribution in [0.15, 0.2) is 0 Å². The molecule has 0 aliphatic rings. The molecule has 5 heteroatoms. The molecule has 0 aromatic carbocycles. The summed E-state index contributed by atoms with van der Waals surface area (Å²) in [6, 6.07) is 0. The van der Waals surface area contributed by atoms with Crippen LogP contribution >= 0.6 is 0 Å². The maximum atomic E-state index is 11.8. The van der Waals surface area contributed by atoms with Crippen molar-refractivity contribution >= 4 is 11.9 Å². The minimum absolute atomic E-state index is 0.0935. The van der Waals surface area contributed by atoms with E-state index in [4.69, 9.17) is 10.8 Å². The maximum absolute atomic E-state index is 11.8. The molecule has 16 heavy (non-hydrogen) atoms. The van der Waals surface area contributed by atoms with Crippen molar-refractivity contribution in [3.05, 3.63) is 0 Å². The van der Waals surface area contributed by atoms with Crippen LogP contribution in [0.2, 0.25) is 0 Å². The summed E-state index contributed by atoms with van der Waals surface area (Å²) in [6.07, 6.45) is 0.316. The van der Waals surface area contributed by atoms with Crippen LogP contribution in [-0.4, -0.2) is 41.5 Å². The highest BCUT2D eigenvalue weighted by molar-refractivity contribution is 5.81. The van der Waals surface area contributed by atoms with Gasteiger partial charge in [-0.3, -0.25) is 9.59 Å². The highest BCUT2D eigenvalue weighted by Crippen LogP contribution is 2.06. The van der Waals surface area contributed by atoms with Crippen molar-refractivity contribution in [1.29, 1.82) is 0 Å². The van der Waals surface area contributed by atoms with Crippen LogP contribution in [-0.2, 0) is 9.59 Å². The molecule has 0 spiro atoms. The van der Waals surface area contributed by atoms with E-state index in [1.807, 2.05) is 20.8 Å².